The molecule has 0 aliphatic rings. The van der Waals surface area contributed by atoms with Crippen LogP contribution in [0.4, 0.5) is 0 Å². The molecule has 0 fully saturated rings. The number of aryl methyl sites for hydroxylation is 1. The third-order valence-corrected chi connectivity index (χ3v) is 4.73. The first kappa shape index (κ1) is 16.5. The van der Waals surface area contributed by atoms with E-state index in [9.17, 15) is 0 Å². The largest absolute Gasteiger partial charge is 0.258 e. The minimum atomic E-state index is 0.612. The lowest BCUT2D eigenvalue weighted by atomic mass is 10.1. The molecule has 0 saturated heterocycles. The van der Waals surface area contributed by atoms with Gasteiger partial charge in [-0.3, -0.25) is 9.97 Å². The molecule has 0 aliphatic heterocycles. The number of nitrogens with zero attached hydrogens (tertiary/aromatic N) is 6. The van der Waals surface area contributed by atoms with E-state index in [1.165, 1.54) is 0 Å². The Bertz CT molecular complexity index is 1290. The normalized spacial score (nSPS) is 11.3. The van der Waals surface area contributed by atoms with Crippen molar-refractivity contribution in [1.29, 1.82) is 0 Å². The fraction of sp³-hybridized carbons (Fsp3) is 0.136. The summed E-state index contributed by atoms with van der Waals surface area (Å²) in [5, 5.41) is 9.68. The highest BCUT2D eigenvalue weighted by atomic mass is 15.4. The molecule has 0 aliphatic carbocycles. The van der Waals surface area contributed by atoms with Crippen molar-refractivity contribution < 1.29 is 0 Å². The van der Waals surface area contributed by atoms with Gasteiger partial charge in [0.25, 0.3) is 0 Å². The molecule has 4 aromatic heterocycles. The predicted molar refractivity (Wildman–Crippen MR) is 108 cm³/mol. The number of benzene rings is 1. The van der Waals surface area contributed by atoms with Crippen LogP contribution in [0.5, 0.6) is 0 Å². The van der Waals surface area contributed by atoms with Crippen molar-refractivity contribution in [1.82, 2.24) is 29.9 Å². The summed E-state index contributed by atoms with van der Waals surface area (Å²) in [5.74, 6) is 0. The molecule has 0 spiro atoms. The summed E-state index contributed by atoms with van der Waals surface area (Å²) in [6, 6.07) is 20.3. The quantitative estimate of drug-likeness (QED) is 0.485. The molecule has 0 radical (unpaired) electrons. The van der Waals surface area contributed by atoms with Crippen LogP contribution in [0, 0.1) is 6.92 Å². The van der Waals surface area contributed by atoms with Crippen molar-refractivity contribution in [2.75, 3.05) is 0 Å². The van der Waals surface area contributed by atoms with E-state index in [1.54, 1.807) is 0 Å². The van der Waals surface area contributed by atoms with Crippen LogP contribution in [0.1, 0.15) is 22.6 Å². The van der Waals surface area contributed by atoms with Crippen LogP contribution in [0.3, 0.4) is 0 Å². The van der Waals surface area contributed by atoms with Crippen molar-refractivity contribution >= 4 is 22.1 Å². The fourth-order valence-corrected chi connectivity index (χ4v) is 3.38. The molecule has 6 heteroatoms. The second kappa shape index (κ2) is 6.81. The maximum Gasteiger partial charge on any atom is 0.179 e. The van der Waals surface area contributed by atoms with Crippen LogP contribution >= 0.6 is 0 Å². The molecular weight excluding hydrogens is 348 g/mol. The van der Waals surface area contributed by atoms with Crippen molar-refractivity contribution in [2.24, 2.45) is 0 Å². The molecule has 5 aromatic rings. The average molecular weight is 366 g/mol. The first-order valence-electron chi connectivity index (χ1n) is 9.20. The van der Waals surface area contributed by atoms with Crippen LogP contribution in [-0.2, 0) is 13.0 Å². The van der Waals surface area contributed by atoms with Gasteiger partial charge in [-0.1, -0.05) is 23.4 Å². The van der Waals surface area contributed by atoms with Gasteiger partial charge in [-0.15, -0.1) is 5.10 Å². The number of rotatable bonds is 4. The summed E-state index contributed by atoms with van der Waals surface area (Å²) >= 11 is 0. The number of fused-ring (bicyclic) bond motifs is 2. The third-order valence-electron chi connectivity index (χ3n) is 4.73. The van der Waals surface area contributed by atoms with E-state index < -0.39 is 0 Å². The number of aromatic nitrogens is 6. The van der Waals surface area contributed by atoms with E-state index in [1.807, 2.05) is 60.3 Å². The summed E-state index contributed by atoms with van der Waals surface area (Å²) < 4.78 is 1.85. The second-order valence-electron chi connectivity index (χ2n) is 6.87. The molecule has 0 N–H and O–H groups in total. The molecule has 4 heterocycles. The third kappa shape index (κ3) is 3.20. The lowest BCUT2D eigenvalue weighted by Gasteiger charge is -2.05. The molecule has 0 bridgehead atoms. The molecule has 6 nitrogen and oxygen atoms in total. The first-order valence-corrected chi connectivity index (χ1v) is 9.20. The second-order valence-corrected chi connectivity index (χ2v) is 6.87. The van der Waals surface area contributed by atoms with Gasteiger partial charge in [0.05, 0.1) is 12.1 Å². The van der Waals surface area contributed by atoms with E-state index in [2.05, 4.69) is 38.5 Å². The molecule has 0 unspecified atom stereocenters. The summed E-state index contributed by atoms with van der Waals surface area (Å²) in [7, 11) is 0. The lowest BCUT2D eigenvalue weighted by Crippen LogP contribution is -2.04. The van der Waals surface area contributed by atoms with Crippen molar-refractivity contribution in [3.05, 3.63) is 89.5 Å². The fourth-order valence-electron chi connectivity index (χ4n) is 3.38. The van der Waals surface area contributed by atoms with Gasteiger partial charge in [0.1, 0.15) is 5.52 Å². The van der Waals surface area contributed by atoms with E-state index in [4.69, 9.17) is 4.98 Å². The highest BCUT2D eigenvalue weighted by molar-refractivity contribution is 5.79. The van der Waals surface area contributed by atoms with Gasteiger partial charge >= 0.3 is 0 Å². The predicted octanol–water partition coefficient (Wildman–Crippen LogP) is 3.72. The summed E-state index contributed by atoms with van der Waals surface area (Å²) in [6.45, 7) is 2.61. The highest BCUT2D eigenvalue weighted by Crippen LogP contribution is 2.17. The minimum absolute atomic E-state index is 0.612. The lowest BCUT2D eigenvalue weighted by molar-refractivity contribution is 0.663. The first-order chi connectivity index (χ1) is 13.7. The summed E-state index contributed by atoms with van der Waals surface area (Å²) in [5.41, 5.74) is 6.68. The Labute approximate surface area is 161 Å². The van der Waals surface area contributed by atoms with Gasteiger partial charge in [-0.25, -0.2) is 9.67 Å². The molecule has 136 valence electrons. The monoisotopic (exact) mass is 366 g/mol. The topological polar surface area (TPSA) is 69.4 Å². The Kier molecular flexibility index (Phi) is 4.01. The van der Waals surface area contributed by atoms with Gasteiger partial charge in [0.2, 0.25) is 0 Å². The van der Waals surface area contributed by atoms with Gasteiger partial charge in [0, 0.05) is 35.1 Å². The van der Waals surface area contributed by atoms with E-state index in [0.29, 0.717) is 13.0 Å². The zero-order valence-corrected chi connectivity index (χ0v) is 15.4. The molecular formula is C22H18N6. The van der Waals surface area contributed by atoms with Crippen LogP contribution < -0.4 is 0 Å². The minimum Gasteiger partial charge on any atom is -0.258 e. The summed E-state index contributed by atoms with van der Waals surface area (Å²) in [6.07, 6.45) is 2.49. The van der Waals surface area contributed by atoms with Gasteiger partial charge in [-0.05, 0) is 55.0 Å². The van der Waals surface area contributed by atoms with Gasteiger partial charge in [-0.2, -0.15) is 0 Å². The van der Waals surface area contributed by atoms with Crippen LogP contribution in [0.25, 0.3) is 22.1 Å². The number of hydrogen-bond acceptors (Lipinski definition) is 5. The van der Waals surface area contributed by atoms with Crippen LogP contribution in [0.2, 0.25) is 0 Å². The van der Waals surface area contributed by atoms with E-state index in [-0.39, 0.29) is 0 Å². The average Bonchev–Trinajstić information content (AvgIpc) is 3.10. The highest BCUT2D eigenvalue weighted by Gasteiger charge is 2.09. The van der Waals surface area contributed by atoms with Crippen molar-refractivity contribution in [3.8, 4) is 0 Å². The molecule has 0 saturated carbocycles. The molecule has 1 aromatic carbocycles. The smallest absolute Gasteiger partial charge is 0.179 e. The van der Waals surface area contributed by atoms with Gasteiger partial charge < -0.3 is 0 Å². The van der Waals surface area contributed by atoms with E-state index >= 15 is 0 Å². The molecule has 0 amide bonds. The Morgan fingerprint density at radius 1 is 0.857 bits per heavy atom. The molecule has 28 heavy (non-hydrogen) atoms. The Morgan fingerprint density at radius 2 is 1.75 bits per heavy atom. The Morgan fingerprint density at radius 3 is 2.68 bits per heavy atom. The Hall–Kier alpha value is -3.67. The molecule has 5 rings (SSSR count). The van der Waals surface area contributed by atoms with Crippen LogP contribution in [-0.4, -0.2) is 29.9 Å². The van der Waals surface area contributed by atoms with Gasteiger partial charge in [0.15, 0.2) is 5.65 Å². The Balaban J connectivity index is 1.47. The van der Waals surface area contributed by atoms with E-state index in [0.717, 1.165) is 44.7 Å². The number of pyridine rings is 3. The number of hydrogen-bond donors (Lipinski definition) is 0. The van der Waals surface area contributed by atoms with Crippen molar-refractivity contribution in [2.45, 2.75) is 19.9 Å². The standard InChI is InChI=1S/C22H18N6/c1-15-4-2-6-18(24-15)13-19-8-10-21-22(25-19)28(27-26-21)14-16-7-9-20-17(12-16)5-3-11-23-20/h2-12H,13-14H2,1H3. The zero-order valence-electron chi connectivity index (χ0n) is 15.4. The summed E-state index contributed by atoms with van der Waals surface area (Å²) in [4.78, 5) is 13.7. The maximum atomic E-state index is 4.80. The van der Waals surface area contributed by atoms with Crippen LogP contribution in [0.15, 0.2) is 66.9 Å². The zero-order chi connectivity index (χ0) is 18.9. The molecule has 0 atom stereocenters. The SMILES string of the molecule is Cc1cccc(Cc2ccc3nnn(Cc4ccc5ncccc5c4)c3n2)n1. The van der Waals surface area contributed by atoms with Crippen molar-refractivity contribution in [3.63, 3.8) is 0 Å². The maximum absolute atomic E-state index is 4.80.